The third-order valence-electron chi connectivity index (χ3n) is 2.02. The van der Waals surface area contributed by atoms with Gasteiger partial charge in [-0.05, 0) is 30.8 Å². The van der Waals surface area contributed by atoms with Crippen LogP contribution >= 0.6 is 11.5 Å². The molecule has 84 valence electrons. The monoisotopic (exact) mass is 228 g/mol. The summed E-state index contributed by atoms with van der Waals surface area (Å²) in [6.07, 6.45) is 0.863. The summed E-state index contributed by atoms with van der Waals surface area (Å²) < 4.78 is 9.10. The molecule has 0 atom stereocenters. The molecule has 0 bridgehead atoms. The smallest absolute Gasteiger partial charge is 0.343 e. The van der Waals surface area contributed by atoms with Gasteiger partial charge >= 0.3 is 5.97 Å². The molecule has 0 spiro atoms. The lowest BCUT2D eigenvalue weighted by Gasteiger charge is -2.06. The van der Waals surface area contributed by atoms with Gasteiger partial charge in [0.05, 0.1) is 12.3 Å². The number of aromatic nitrogens is 1. The zero-order chi connectivity index (χ0) is 11.4. The number of carbonyl (C=O) groups is 1. The summed E-state index contributed by atoms with van der Waals surface area (Å²) >= 11 is 1.13. The Labute approximate surface area is 93.6 Å². The summed E-state index contributed by atoms with van der Waals surface area (Å²) in [4.78, 5) is 11.6. The molecule has 0 fully saturated rings. The second-order valence-corrected chi connectivity index (χ2v) is 4.63. The van der Waals surface area contributed by atoms with E-state index < -0.39 is 0 Å². The molecule has 1 rings (SSSR count). The number of anilines is 1. The summed E-state index contributed by atoms with van der Waals surface area (Å²) in [6.45, 7) is 6.36. The minimum Gasteiger partial charge on any atom is -0.462 e. The van der Waals surface area contributed by atoms with Gasteiger partial charge in [-0.1, -0.05) is 13.8 Å². The summed E-state index contributed by atoms with van der Waals surface area (Å²) in [5, 5.41) is 0.432. The van der Waals surface area contributed by atoms with E-state index >= 15 is 0 Å². The highest BCUT2D eigenvalue weighted by molar-refractivity contribution is 7.10. The lowest BCUT2D eigenvalue weighted by atomic mass is 10.1. The topological polar surface area (TPSA) is 65.2 Å². The Hall–Kier alpha value is -1.10. The van der Waals surface area contributed by atoms with Crippen molar-refractivity contribution in [1.29, 1.82) is 0 Å². The molecule has 0 aliphatic carbocycles. The van der Waals surface area contributed by atoms with Crippen LogP contribution in [0.4, 0.5) is 5.00 Å². The molecule has 0 unspecified atom stereocenters. The first-order chi connectivity index (χ1) is 7.02. The summed E-state index contributed by atoms with van der Waals surface area (Å²) in [5.74, 6) is 0.163. The van der Waals surface area contributed by atoms with Gasteiger partial charge in [0.2, 0.25) is 0 Å². The summed E-state index contributed by atoms with van der Waals surface area (Å²) in [5.41, 5.74) is 6.69. The first-order valence-corrected chi connectivity index (χ1v) is 5.68. The van der Waals surface area contributed by atoms with Crippen LogP contribution in [0.1, 0.15) is 36.3 Å². The molecule has 1 aromatic rings. The summed E-state index contributed by atoms with van der Waals surface area (Å²) in [6, 6.07) is 0. The van der Waals surface area contributed by atoms with E-state index in [1.165, 1.54) is 0 Å². The maximum atomic E-state index is 11.6. The minimum atomic E-state index is -0.362. The Morgan fingerprint density at radius 2 is 2.27 bits per heavy atom. The van der Waals surface area contributed by atoms with Gasteiger partial charge in [0.1, 0.15) is 10.6 Å². The van der Waals surface area contributed by atoms with Crippen molar-refractivity contribution in [2.24, 2.45) is 5.92 Å². The van der Waals surface area contributed by atoms with Gasteiger partial charge < -0.3 is 10.5 Å². The van der Waals surface area contributed by atoms with Crippen LogP contribution in [-0.4, -0.2) is 16.9 Å². The zero-order valence-electron chi connectivity index (χ0n) is 9.24. The lowest BCUT2D eigenvalue weighted by Crippen LogP contribution is -2.10. The van der Waals surface area contributed by atoms with E-state index in [-0.39, 0.29) is 5.97 Å². The molecule has 0 saturated heterocycles. The fourth-order valence-electron chi connectivity index (χ4n) is 1.10. The van der Waals surface area contributed by atoms with Gasteiger partial charge in [-0.25, -0.2) is 4.79 Å². The first-order valence-electron chi connectivity index (χ1n) is 4.91. The van der Waals surface area contributed by atoms with Crippen LogP contribution in [0, 0.1) is 12.8 Å². The van der Waals surface area contributed by atoms with Crippen LogP contribution in [0.5, 0.6) is 0 Å². The van der Waals surface area contributed by atoms with Gasteiger partial charge in [-0.15, -0.1) is 0 Å². The number of nitrogen functional groups attached to an aromatic ring is 1. The van der Waals surface area contributed by atoms with Crippen molar-refractivity contribution >= 4 is 22.5 Å². The van der Waals surface area contributed by atoms with Crippen LogP contribution in [-0.2, 0) is 4.74 Å². The Morgan fingerprint density at radius 3 is 2.73 bits per heavy atom. The molecule has 1 heterocycles. The van der Waals surface area contributed by atoms with E-state index in [0.29, 0.717) is 28.8 Å². The number of rotatable bonds is 4. The Morgan fingerprint density at radius 1 is 1.60 bits per heavy atom. The van der Waals surface area contributed by atoms with Crippen molar-refractivity contribution in [2.75, 3.05) is 12.3 Å². The summed E-state index contributed by atoms with van der Waals surface area (Å²) in [7, 11) is 0. The van der Waals surface area contributed by atoms with Crippen molar-refractivity contribution in [3.63, 3.8) is 0 Å². The van der Waals surface area contributed by atoms with Crippen molar-refractivity contribution in [1.82, 2.24) is 4.37 Å². The molecule has 0 radical (unpaired) electrons. The minimum absolute atomic E-state index is 0.362. The van der Waals surface area contributed by atoms with Crippen molar-refractivity contribution in [3.05, 3.63) is 11.3 Å². The Bertz CT molecular complexity index is 328. The van der Waals surface area contributed by atoms with Crippen molar-refractivity contribution in [3.8, 4) is 0 Å². The van der Waals surface area contributed by atoms with Crippen LogP contribution in [0.15, 0.2) is 0 Å². The Kier molecular flexibility index (Phi) is 4.08. The second-order valence-electron chi connectivity index (χ2n) is 3.83. The quantitative estimate of drug-likeness (QED) is 0.803. The van der Waals surface area contributed by atoms with E-state index in [4.69, 9.17) is 10.5 Å². The van der Waals surface area contributed by atoms with E-state index in [1.807, 2.05) is 0 Å². The van der Waals surface area contributed by atoms with Gasteiger partial charge in [0.25, 0.3) is 0 Å². The number of hydrogen-bond acceptors (Lipinski definition) is 5. The van der Waals surface area contributed by atoms with Crippen LogP contribution in [0.25, 0.3) is 0 Å². The van der Waals surface area contributed by atoms with Gasteiger partial charge in [0.15, 0.2) is 0 Å². The highest BCUT2D eigenvalue weighted by Crippen LogP contribution is 2.21. The standard InChI is InChI=1S/C10H16N2O2S/c1-6(2)4-5-14-10(13)8-7(3)12-15-9(8)11/h6H,4-5,11H2,1-3H3. The number of nitrogens with zero attached hydrogens (tertiary/aromatic N) is 1. The highest BCUT2D eigenvalue weighted by Gasteiger charge is 2.17. The number of aryl methyl sites for hydroxylation is 1. The molecular weight excluding hydrogens is 212 g/mol. The molecule has 0 aliphatic rings. The maximum Gasteiger partial charge on any atom is 0.343 e. The van der Waals surface area contributed by atoms with E-state index in [0.717, 1.165) is 18.0 Å². The average Bonchev–Trinajstić information content (AvgIpc) is 2.45. The molecule has 2 N–H and O–H groups in total. The largest absolute Gasteiger partial charge is 0.462 e. The first kappa shape index (κ1) is 12.0. The van der Waals surface area contributed by atoms with Crippen molar-refractivity contribution < 1.29 is 9.53 Å². The van der Waals surface area contributed by atoms with E-state index in [2.05, 4.69) is 18.2 Å². The molecule has 15 heavy (non-hydrogen) atoms. The van der Waals surface area contributed by atoms with Crippen molar-refractivity contribution in [2.45, 2.75) is 27.2 Å². The molecule has 0 aliphatic heterocycles. The third kappa shape index (κ3) is 3.20. The number of nitrogens with two attached hydrogens (primary N) is 1. The van der Waals surface area contributed by atoms with Gasteiger partial charge in [-0.2, -0.15) is 4.37 Å². The van der Waals surface area contributed by atoms with E-state index in [1.54, 1.807) is 6.92 Å². The molecular formula is C10H16N2O2S. The number of ether oxygens (including phenoxy) is 1. The predicted octanol–water partition coefficient (Wildman–Crippen LogP) is 2.24. The fraction of sp³-hybridized carbons (Fsp3) is 0.600. The SMILES string of the molecule is Cc1nsc(N)c1C(=O)OCCC(C)C. The lowest BCUT2D eigenvalue weighted by molar-refractivity contribution is 0.0489. The predicted molar refractivity (Wildman–Crippen MR) is 61.0 cm³/mol. The van der Waals surface area contributed by atoms with Crippen LogP contribution in [0.3, 0.4) is 0 Å². The number of carbonyl (C=O) groups excluding carboxylic acids is 1. The molecule has 0 aromatic carbocycles. The molecule has 5 heteroatoms. The molecule has 0 amide bonds. The van der Waals surface area contributed by atoms with Crippen LogP contribution < -0.4 is 5.73 Å². The third-order valence-corrected chi connectivity index (χ3v) is 2.79. The van der Waals surface area contributed by atoms with Crippen LogP contribution in [0.2, 0.25) is 0 Å². The molecule has 1 aromatic heterocycles. The number of esters is 1. The van der Waals surface area contributed by atoms with Gasteiger partial charge in [0, 0.05) is 0 Å². The maximum absolute atomic E-state index is 11.6. The normalized spacial score (nSPS) is 10.7. The van der Waals surface area contributed by atoms with E-state index in [9.17, 15) is 4.79 Å². The fourth-order valence-corrected chi connectivity index (χ4v) is 1.74. The highest BCUT2D eigenvalue weighted by atomic mass is 32.1. The number of hydrogen-bond donors (Lipinski definition) is 1. The molecule has 0 saturated carbocycles. The van der Waals surface area contributed by atoms with Gasteiger partial charge in [-0.3, -0.25) is 0 Å². The zero-order valence-corrected chi connectivity index (χ0v) is 10.1. The average molecular weight is 228 g/mol. The molecule has 4 nitrogen and oxygen atoms in total. The Balaban J connectivity index is 2.54. The second kappa shape index (κ2) is 5.11.